The fourth-order valence-corrected chi connectivity index (χ4v) is 2.03. The van der Waals surface area contributed by atoms with Crippen molar-refractivity contribution in [2.45, 2.75) is 97.3 Å². The summed E-state index contributed by atoms with van der Waals surface area (Å²) in [7, 11) is 0. The molecule has 4 N–H and O–H groups in total. The van der Waals surface area contributed by atoms with Crippen LogP contribution in [0.4, 0.5) is 0 Å². The van der Waals surface area contributed by atoms with Crippen molar-refractivity contribution in [3.05, 3.63) is 0 Å². The standard InChI is InChI=1S/C9H21N.C8H19N/c1-2-3-4-5-6-7-8-9-10;1-2-3-4-5-6-7-8-9/h2-10H2,1H3;2-9H2,1H3. The molecule has 0 heterocycles. The monoisotopic (exact) mass is 272 g/mol. The first-order chi connectivity index (χ1) is 9.33. The van der Waals surface area contributed by atoms with Gasteiger partial charge in [0.25, 0.3) is 0 Å². The minimum Gasteiger partial charge on any atom is -0.330 e. The van der Waals surface area contributed by atoms with E-state index in [9.17, 15) is 0 Å². The Morgan fingerprint density at radius 3 is 0.947 bits per heavy atom. The van der Waals surface area contributed by atoms with Crippen molar-refractivity contribution >= 4 is 0 Å². The average molecular weight is 273 g/mol. The van der Waals surface area contributed by atoms with Crippen LogP contribution in [-0.4, -0.2) is 13.1 Å². The van der Waals surface area contributed by atoms with Gasteiger partial charge in [0, 0.05) is 0 Å². The summed E-state index contributed by atoms with van der Waals surface area (Å²) in [4.78, 5) is 0. The van der Waals surface area contributed by atoms with Crippen molar-refractivity contribution in [1.29, 1.82) is 0 Å². The normalized spacial score (nSPS) is 10.1. The van der Waals surface area contributed by atoms with Crippen LogP contribution in [-0.2, 0) is 0 Å². The van der Waals surface area contributed by atoms with Crippen LogP contribution in [0.15, 0.2) is 0 Å². The van der Waals surface area contributed by atoms with Crippen LogP contribution in [0.2, 0.25) is 0 Å². The molecule has 0 unspecified atom stereocenters. The Morgan fingerprint density at radius 2 is 0.684 bits per heavy atom. The Morgan fingerprint density at radius 1 is 0.421 bits per heavy atom. The minimum absolute atomic E-state index is 0.867. The first kappa shape index (κ1) is 21.2. The highest BCUT2D eigenvalue weighted by molar-refractivity contribution is 4.45. The zero-order chi connectivity index (χ0) is 14.6. The fourth-order valence-electron chi connectivity index (χ4n) is 2.03. The van der Waals surface area contributed by atoms with E-state index in [0.29, 0.717) is 0 Å². The third-order valence-corrected chi connectivity index (χ3v) is 3.37. The maximum absolute atomic E-state index is 5.37. The first-order valence-corrected chi connectivity index (χ1v) is 8.73. The lowest BCUT2D eigenvalue weighted by Crippen LogP contribution is -1.97. The van der Waals surface area contributed by atoms with Gasteiger partial charge >= 0.3 is 0 Å². The van der Waals surface area contributed by atoms with E-state index in [2.05, 4.69) is 13.8 Å². The molecule has 0 fully saturated rings. The molecule has 19 heavy (non-hydrogen) atoms. The highest BCUT2D eigenvalue weighted by Gasteiger charge is 1.87. The third-order valence-electron chi connectivity index (χ3n) is 3.37. The summed E-state index contributed by atoms with van der Waals surface area (Å²) in [6.45, 7) is 6.22. The van der Waals surface area contributed by atoms with Gasteiger partial charge in [-0.2, -0.15) is 0 Å². The summed E-state index contributed by atoms with van der Waals surface area (Å²) in [5, 5.41) is 0. The van der Waals surface area contributed by atoms with E-state index in [4.69, 9.17) is 11.5 Å². The Hall–Kier alpha value is -0.0800. The second-order valence-corrected chi connectivity index (χ2v) is 5.47. The summed E-state index contributed by atoms with van der Waals surface area (Å²) in [6.07, 6.45) is 17.6. The molecule has 2 heteroatoms. The zero-order valence-electron chi connectivity index (χ0n) is 13.8. The van der Waals surface area contributed by atoms with Crippen molar-refractivity contribution in [3.8, 4) is 0 Å². The number of unbranched alkanes of at least 4 members (excludes halogenated alkanes) is 11. The number of rotatable bonds is 13. The third kappa shape index (κ3) is 27.2. The van der Waals surface area contributed by atoms with Gasteiger partial charge in [0.15, 0.2) is 0 Å². The van der Waals surface area contributed by atoms with Crippen LogP contribution in [0.25, 0.3) is 0 Å². The molecule has 0 atom stereocenters. The van der Waals surface area contributed by atoms with E-state index in [1.165, 1.54) is 83.5 Å². The van der Waals surface area contributed by atoms with Gasteiger partial charge in [0.05, 0.1) is 0 Å². The van der Waals surface area contributed by atoms with Gasteiger partial charge in [-0.25, -0.2) is 0 Å². The molecule has 0 aromatic heterocycles. The van der Waals surface area contributed by atoms with Gasteiger partial charge in [-0.15, -0.1) is 0 Å². The molecule has 0 aliphatic heterocycles. The second kappa shape index (κ2) is 23.0. The lowest BCUT2D eigenvalue weighted by Gasteiger charge is -1.97. The molecule has 0 bridgehead atoms. The summed E-state index contributed by atoms with van der Waals surface area (Å²) in [6, 6.07) is 0. The minimum atomic E-state index is 0.867. The predicted octanol–water partition coefficient (Wildman–Crippen LogP) is 5.00. The van der Waals surface area contributed by atoms with Crippen molar-refractivity contribution < 1.29 is 0 Å². The molecule has 118 valence electrons. The van der Waals surface area contributed by atoms with Crippen molar-refractivity contribution in [3.63, 3.8) is 0 Å². The van der Waals surface area contributed by atoms with Crippen LogP contribution in [0.3, 0.4) is 0 Å². The van der Waals surface area contributed by atoms with Gasteiger partial charge in [0.2, 0.25) is 0 Å². The SMILES string of the molecule is CCCCCCCCCN.CCCCCCCCN. The van der Waals surface area contributed by atoms with Crippen LogP contribution in [0, 0.1) is 0 Å². The second-order valence-electron chi connectivity index (χ2n) is 5.47. The average Bonchev–Trinajstić information content (AvgIpc) is 2.43. The topological polar surface area (TPSA) is 52.0 Å². The first-order valence-electron chi connectivity index (χ1n) is 8.73. The quantitative estimate of drug-likeness (QED) is 0.463. The fraction of sp³-hybridized carbons (Fsp3) is 1.00. The zero-order valence-corrected chi connectivity index (χ0v) is 13.8. The van der Waals surface area contributed by atoms with Gasteiger partial charge in [-0.1, -0.05) is 84.5 Å². The van der Waals surface area contributed by atoms with E-state index >= 15 is 0 Å². The van der Waals surface area contributed by atoms with Crippen molar-refractivity contribution in [2.75, 3.05) is 13.1 Å². The summed E-state index contributed by atoms with van der Waals surface area (Å²) in [5.41, 5.74) is 10.7. The largest absolute Gasteiger partial charge is 0.330 e. The molecule has 0 rings (SSSR count). The Kier molecular flexibility index (Phi) is 25.7. The summed E-state index contributed by atoms with van der Waals surface area (Å²) in [5.74, 6) is 0. The Bertz CT molecular complexity index is 112. The van der Waals surface area contributed by atoms with E-state index in [-0.39, 0.29) is 0 Å². The van der Waals surface area contributed by atoms with Crippen LogP contribution in [0.1, 0.15) is 97.3 Å². The Balaban J connectivity index is 0. The summed E-state index contributed by atoms with van der Waals surface area (Å²) < 4.78 is 0. The molecule has 0 saturated carbocycles. The maximum Gasteiger partial charge on any atom is -0.00773 e. The molecule has 0 aliphatic carbocycles. The predicted molar refractivity (Wildman–Crippen MR) is 89.5 cm³/mol. The lowest BCUT2D eigenvalue weighted by atomic mass is 10.1. The number of hydrogen-bond donors (Lipinski definition) is 2. The number of nitrogens with two attached hydrogens (primary N) is 2. The molecule has 0 amide bonds. The maximum atomic E-state index is 5.37. The Labute approximate surface area is 122 Å². The number of hydrogen-bond acceptors (Lipinski definition) is 2. The van der Waals surface area contributed by atoms with Crippen LogP contribution < -0.4 is 11.5 Å². The molecule has 0 aliphatic rings. The highest BCUT2D eigenvalue weighted by atomic mass is 14.5. The summed E-state index contributed by atoms with van der Waals surface area (Å²) >= 11 is 0. The molecule has 2 nitrogen and oxygen atoms in total. The smallest absolute Gasteiger partial charge is 0.00773 e. The molecule has 0 aromatic rings. The molecule has 0 radical (unpaired) electrons. The highest BCUT2D eigenvalue weighted by Crippen LogP contribution is 2.05. The van der Waals surface area contributed by atoms with Gasteiger partial charge in [-0.3, -0.25) is 0 Å². The van der Waals surface area contributed by atoms with Gasteiger partial charge in [0.1, 0.15) is 0 Å². The van der Waals surface area contributed by atoms with Crippen molar-refractivity contribution in [2.24, 2.45) is 11.5 Å². The van der Waals surface area contributed by atoms with Gasteiger partial charge < -0.3 is 11.5 Å². The lowest BCUT2D eigenvalue weighted by molar-refractivity contribution is 0.593. The van der Waals surface area contributed by atoms with Gasteiger partial charge in [-0.05, 0) is 25.9 Å². The van der Waals surface area contributed by atoms with E-state index < -0.39 is 0 Å². The van der Waals surface area contributed by atoms with Crippen LogP contribution in [0.5, 0.6) is 0 Å². The molecular formula is C17H40N2. The molecule has 0 spiro atoms. The van der Waals surface area contributed by atoms with E-state index in [0.717, 1.165) is 13.1 Å². The molecular weight excluding hydrogens is 232 g/mol. The molecule has 0 aromatic carbocycles. The van der Waals surface area contributed by atoms with E-state index in [1.807, 2.05) is 0 Å². The van der Waals surface area contributed by atoms with E-state index in [1.54, 1.807) is 0 Å². The molecule has 0 saturated heterocycles. The van der Waals surface area contributed by atoms with Crippen molar-refractivity contribution in [1.82, 2.24) is 0 Å². The van der Waals surface area contributed by atoms with Crippen LogP contribution >= 0.6 is 0 Å².